The van der Waals surface area contributed by atoms with Crippen molar-refractivity contribution < 1.29 is 0 Å². The average molecular weight is 129 g/mol. The smallest absolute Gasteiger partial charge is 0.0157 e. The van der Waals surface area contributed by atoms with E-state index in [1.807, 2.05) is 20.8 Å². The second-order valence-electron chi connectivity index (χ2n) is 1.83. The van der Waals surface area contributed by atoms with E-state index >= 15 is 0 Å². The Morgan fingerprint density at radius 2 is 1.67 bits per heavy atom. The maximum atomic E-state index is 2.12. The fourth-order valence-electron chi connectivity index (χ4n) is 0.316. The third kappa shape index (κ3) is 18.3. The first kappa shape index (κ1) is 11.5. The van der Waals surface area contributed by atoms with Crippen LogP contribution >= 0.6 is 0 Å². The molecule has 0 saturated heterocycles. The molecule has 0 radical (unpaired) electrons. The second-order valence-corrected chi connectivity index (χ2v) is 1.83. The highest BCUT2D eigenvalue weighted by molar-refractivity contribution is 4.78. The Hall–Kier alpha value is -0.300. The van der Waals surface area contributed by atoms with Crippen LogP contribution in [0.2, 0.25) is 0 Å². The summed E-state index contributed by atoms with van der Waals surface area (Å²) in [5, 5.41) is 0. The van der Waals surface area contributed by atoms with Gasteiger partial charge in [0.2, 0.25) is 0 Å². The molecule has 56 valence electrons. The van der Waals surface area contributed by atoms with E-state index in [1.165, 1.54) is 0 Å². The van der Waals surface area contributed by atoms with Crippen LogP contribution in [0.5, 0.6) is 0 Å². The fourth-order valence-corrected chi connectivity index (χ4v) is 0.316. The molecule has 0 N–H and O–H groups in total. The van der Waals surface area contributed by atoms with Gasteiger partial charge in [0.1, 0.15) is 0 Å². The van der Waals surface area contributed by atoms with Gasteiger partial charge in [-0.3, -0.25) is 0 Å². The quantitative estimate of drug-likeness (QED) is 0.516. The molecule has 0 aliphatic rings. The molecule has 0 aromatic carbocycles. The zero-order chi connectivity index (χ0) is 7.70. The van der Waals surface area contributed by atoms with Crippen LogP contribution in [-0.4, -0.2) is 25.5 Å². The van der Waals surface area contributed by atoms with Crippen LogP contribution < -0.4 is 0 Å². The summed E-state index contributed by atoms with van der Waals surface area (Å²) in [7, 11) is 4.11. The van der Waals surface area contributed by atoms with E-state index in [-0.39, 0.29) is 0 Å². The summed E-state index contributed by atoms with van der Waals surface area (Å²) < 4.78 is 0. The van der Waals surface area contributed by atoms with Gasteiger partial charge in [0.15, 0.2) is 0 Å². The Kier molecular flexibility index (Phi) is 13.6. The van der Waals surface area contributed by atoms with Crippen LogP contribution in [0, 0.1) is 0 Å². The first-order valence-corrected chi connectivity index (χ1v) is 3.53. The van der Waals surface area contributed by atoms with Crippen molar-refractivity contribution in [2.45, 2.75) is 20.8 Å². The molecule has 9 heavy (non-hydrogen) atoms. The predicted molar refractivity (Wildman–Crippen MR) is 44.7 cm³/mol. The third-order valence-electron chi connectivity index (χ3n) is 0.706. The molecule has 0 bridgehead atoms. The lowest BCUT2D eigenvalue weighted by Gasteiger charge is -2.02. The number of nitrogens with zero attached hydrogens (tertiary/aromatic N) is 1. The monoisotopic (exact) mass is 129 g/mol. The minimum Gasteiger partial charge on any atom is -0.306 e. The minimum atomic E-state index is 1.05. The van der Waals surface area contributed by atoms with Gasteiger partial charge >= 0.3 is 0 Å². The molecule has 0 spiro atoms. The van der Waals surface area contributed by atoms with Crippen molar-refractivity contribution in [1.29, 1.82) is 0 Å². The van der Waals surface area contributed by atoms with Gasteiger partial charge in [0, 0.05) is 6.54 Å². The van der Waals surface area contributed by atoms with Gasteiger partial charge in [-0.2, -0.15) is 0 Å². The van der Waals surface area contributed by atoms with E-state index in [4.69, 9.17) is 0 Å². The molecule has 0 aromatic rings. The molecular formula is C8H19N. The zero-order valence-corrected chi connectivity index (χ0v) is 7.31. The van der Waals surface area contributed by atoms with Gasteiger partial charge < -0.3 is 4.90 Å². The maximum absolute atomic E-state index is 2.12. The number of hydrogen-bond acceptors (Lipinski definition) is 1. The first-order valence-electron chi connectivity index (χ1n) is 3.53. The Balaban J connectivity index is 0. The van der Waals surface area contributed by atoms with Gasteiger partial charge in [-0.05, 0) is 21.0 Å². The molecule has 0 aromatic heterocycles. The molecule has 1 heteroatoms. The van der Waals surface area contributed by atoms with E-state index in [0.717, 1.165) is 6.54 Å². The van der Waals surface area contributed by atoms with E-state index in [2.05, 4.69) is 31.1 Å². The van der Waals surface area contributed by atoms with Crippen LogP contribution in [0.25, 0.3) is 0 Å². The van der Waals surface area contributed by atoms with Crippen molar-refractivity contribution in [1.82, 2.24) is 4.90 Å². The third-order valence-corrected chi connectivity index (χ3v) is 0.706. The Bertz CT molecular complexity index is 55.6. The Labute approximate surface area is 59.4 Å². The van der Waals surface area contributed by atoms with Crippen molar-refractivity contribution in [2.24, 2.45) is 0 Å². The normalized spacial score (nSPS) is 9.56. The standard InChI is InChI=1S/C6H13N.C2H6/c1-4-5-6-7(2)3;1-2/h4-5H,6H2,1-3H3;1-2H3/b5-4+;. The molecule has 1 nitrogen and oxygen atoms in total. The predicted octanol–water partition coefficient (Wildman–Crippen LogP) is 2.15. The summed E-state index contributed by atoms with van der Waals surface area (Å²) in [6.45, 7) is 7.08. The van der Waals surface area contributed by atoms with E-state index in [1.54, 1.807) is 0 Å². The molecule has 0 rings (SSSR count). The van der Waals surface area contributed by atoms with Gasteiger partial charge in [-0.1, -0.05) is 26.0 Å². The topological polar surface area (TPSA) is 3.24 Å². The van der Waals surface area contributed by atoms with Crippen LogP contribution in [0.4, 0.5) is 0 Å². The van der Waals surface area contributed by atoms with Crippen LogP contribution in [-0.2, 0) is 0 Å². The molecule has 0 amide bonds. The summed E-state index contributed by atoms with van der Waals surface area (Å²) in [6.07, 6.45) is 4.18. The van der Waals surface area contributed by atoms with E-state index < -0.39 is 0 Å². The molecule has 0 aliphatic carbocycles. The lowest BCUT2D eigenvalue weighted by Crippen LogP contribution is -2.10. The summed E-state index contributed by atoms with van der Waals surface area (Å²) in [5.41, 5.74) is 0. The number of allylic oxidation sites excluding steroid dienone is 1. The molecule has 0 atom stereocenters. The Morgan fingerprint density at radius 3 is 1.78 bits per heavy atom. The lowest BCUT2D eigenvalue weighted by molar-refractivity contribution is 0.456. The highest BCUT2D eigenvalue weighted by Crippen LogP contribution is 1.74. The first-order chi connectivity index (χ1) is 4.27. The highest BCUT2D eigenvalue weighted by atomic mass is 15.0. The average Bonchev–Trinajstić information content (AvgIpc) is 1.88. The fraction of sp³-hybridized carbons (Fsp3) is 0.750. The largest absolute Gasteiger partial charge is 0.306 e. The van der Waals surface area contributed by atoms with E-state index in [9.17, 15) is 0 Å². The molecule has 0 fully saturated rings. The molecular weight excluding hydrogens is 110 g/mol. The van der Waals surface area contributed by atoms with Crippen LogP contribution in [0.15, 0.2) is 12.2 Å². The van der Waals surface area contributed by atoms with Crippen LogP contribution in [0.3, 0.4) is 0 Å². The van der Waals surface area contributed by atoms with Gasteiger partial charge in [0.25, 0.3) is 0 Å². The summed E-state index contributed by atoms with van der Waals surface area (Å²) in [4.78, 5) is 2.12. The highest BCUT2D eigenvalue weighted by Gasteiger charge is 1.77. The van der Waals surface area contributed by atoms with Gasteiger partial charge in [0.05, 0.1) is 0 Å². The summed E-state index contributed by atoms with van der Waals surface area (Å²) >= 11 is 0. The van der Waals surface area contributed by atoms with Crippen molar-refractivity contribution in [2.75, 3.05) is 20.6 Å². The molecule has 0 saturated carbocycles. The van der Waals surface area contributed by atoms with Crippen molar-refractivity contribution in [3.05, 3.63) is 12.2 Å². The lowest BCUT2D eigenvalue weighted by atomic mass is 10.5. The molecule has 0 aliphatic heterocycles. The van der Waals surface area contributed by atoms with Crippen molar-refractivity contribution in [3.8, 4) is 0 Å². The second kappa shape index (κ2) is 10.6. The number of likely N-dealkylation sites (N-methyl/N-ethyl adjacent to an activating group) is 1. The van der Waals surface area contributed by atoms with Crippen molar-refractivity contribution >= 4 is 0 Å². The van der Waals surface area contributed by atoms with Gasteiger partial charge in [-0.25, -0.2) is 0 Å². The minimum absolute atomic E-state index is 1.05. The van der Waals surface area contributed by atoms with E-state index in [0.29, 0.717) is 0 Å². The maximum Gasteiger partial charge on any atom is 0.0157 e. The van der Waals surface area contributed by atoms with Gasteiger partial charge in [-0.15, -0.1) is 0 Å². The number of rotatable bonds is 2. The zero-order valence-electron chi connectivity index (χ0n) is 7.31. The molecule has 0 heterocycles. The summed E-state index contributed by atoms with van der Waals surface area (Å²) in [6, 6.07) is 0. The number of hydrogen-bond donors (Lipinski definition) is 0. The Morgan fingerprint density at radius 1 is 1.22 bits per heavy atom. The van der Waals surface area contributed by atoms with Crippen LogP contribution in [0.1, 0.15) is 20.8 Å². The van der Waals surface area contributed by atoms with Crippen molar-refractivity contribution in [3.63, 3.8) is 0 Å². The molecule has 0 unspecified atom stereocenters. The SMILES string of the molecule is C/C=C/CN(C)C.CC. The summed E-state index contributed by atoms with van der Waals surface area (Å²) in [5.74, 6) is 0.